The number of carbonyl (C=O) groups is 2. The molecule has 0 unspecified atom stereocenters. The Morgan fingerprint density at radius 1 is 1.32 bits per heavy atom. The summed E-state index contributed by atoms with van der Waals surface area (Å²) in [6, 6.07) is 8.77. The molecule has 1 N–H and O–H groups in total. The number of para-hydroxylation sites is 2. The molecule has 2 heterocycles. The average Bonchev–Trinajstić information content (AvgIpc) is 2.59. The smallest absolute Gasteiger partial charge is 0.285 e. The zero-order valence-electron chi connectivity index (χ0n) is 13.7. The fourth-order valence-corrected chi connectivity index (χ4v) is 2.68. The lowest BCUT2D eigenvalue weighted by Gasteiger charge is -2.29. The molecule has 1 aromatic heterocycles. The van der Waals surface area contributed by atoms with Gasteiger partial charge in [0, 0.05) is 0 Å². The van der Waals surface area contributed by atoms with E-state index >= 15 is 0 Å². The van der Waals surface area contributed by atoms with Crippen molar-refractivity contribution in [1.82, 2.24) is 9.78 Å². The second kappa shape index (κ2) is 6.20. The summed E-state index contributed by atoms with van der Waals surface area (Å²) in [4.78, 5) is 38.2. The van der Waals surface area contributed by atoms with Crippen molar-refractivity contribution in [1.29, 1.82) is 5.26 Å². The Hall–Kier alpha value is -3.47. The minimum Gasteiger partial charge on any atom is -0.323 e. The van der Waals surface area contributed by atoms with Crippen LogP contribution in [-0.2, 0) is 16.1 Å². The number of aryl methyl sites for hydroxylation is 1. The molecule has 3 rings (SSSR count). The Labute approximate surface area is 143 Å². The standard InChI is InChI=1S/C17H15N5O3/c1-10-11(2)20-22(17(25)12(10)7-18)9-16(24)21-8-15(23)19-13-5-3-4-6-14(13)21/h3-6H,8-9H2,1-2H3,(H,19,23). The number of nitrogens with one attached hydrogen (secondary N) is 1. The largest absolute Gasteiger partial charge is 0.323 e. The minimum atomic E-state index is -0.617. The van der Waals surface area contributed by atoms with Crippen molar-refractivity contribution in [3.8, 4) is 6.07 Å². The van der Waals surface area contributed by atoms with Crippen LogP contribution >= 0.6 is 0 Å². The van der Waals surface area contributed by atoms with Crippen LogP contribution in [0.15, 0.2) is 29.1 Å². The van der Waals surface area contributed by atoms with Crippen LogP contribution in [0.4, 0.5) is 11.4 Å². The molecule has 2 aromatic rings. The van der Waals surface area contributed by atoms with Crippen molar-refractivity contribution in [2.24, 2.45) is 0 Å². The van der Waals surface area contributed by atoms with E-state index in [2.05, 4.69) is 10.4 Å². The molecule has 1 aliphatic rings. The van der Waals surface area contributed by atoms with E-state index in [1.807, 2.05) is 6.07 Å². The Balaban J connectivity index is 1.97. The zero-order valence-corrected chi connectivity index (χ0v) is 13.7. The van der Waals surface area contributed by atoms with Crippen LogP contribution in [0, 0.1) is 25.2 Å². The van der Waals surface area contributed by atoms with Crippen molar-refractivity contribution in [3.63, 3.8) is 0 Å². The van der Waals surface area contributed by atoms with E-state index in [4.69, 9.17) is 5.26 Å². The van der Waals surface area contributed by atoms with Gasteiger partial charge in [-0.15, -0.1) is 0 Å². The summed E-state index contributed by atoms with van der Waals surface area (Å²) in [5, 5.41) is 15.9. The number of anilines is 2. The summed E-state index contributed by atoms with van der Waals surface area (Å²) < 4.78 is 0.971. The number of benzene rings is 1. The monoisotopic (exact) mass is 337 g/mol. The molecule has 1 aromatic carbocycles. The summed E-state index contributed by atoms with van der Waals surface area (Å²) in [6.45, 7) is 2.82. The minimum absolute atomic E-state index is 0.0305. The van der Waals surface area contributed by atoms with Crippen LogP contribution in [0.3, 0.4) is 0 Å². The van der Waals surface area contributed by atoms with Crippen LogP contribution in [0.2, 0.25) is 0 Å². The third-order valence-electron chi connectivity index (χ3n) is 4.11. The molecule has 0 saturated heterocycles. The second-order valence-electron chi connectivity index (χ2n) is 5.71. The maximum Gasteiger partial charge on any atom is 0.285 e. The third kappa shape index (κ3) is 2.87. The lowest BCUT2D eigenvalue weighted by Crippen LogP contribution is -2.45. The van der Waals surface area contributed by atoms with Gasteiger partial charge in [0.25, 0.3) is 5.56 Å². The van der Waals surface area contributed by atoms with Gasteiger partial charge in [0.2, 0.25) is 11.8 Å². The normalized spacial score (nSPS) is 13.0. The van der Waals surface area contributed by atoms with E-state index in [0.717, 1.165) is 4.68 Å². The van der Waals surface area contributed by atoms with Crippen molar-refractivity contribution in [3.05, 3.63) is 51.4 Å². The number of nitriles is 1. The number of nitrogens with zero attached hydrogens (tertiary/aromatic N) is 4. The molecule has 1 aliphatic heterocycles. The lowest BCUT2D eigenvalue weighted by molar-refractivity contribution is -0.122. The van der Waals surface area contributed by atoms with Gasteiger partial charge in [-0.3, -0.25) is 19.3 Å². The topological polar surface area (TPSA) is 108 Å². The molecule has 0 saturated carbocycles. The first kappa shape index (κ1) is 16.4. The Morgan fingerprint density at radius 3 is 2.76 bits per heavy atom. The number of amides is 2. The van der Waals surface area contributed by atoms with Crippen molar-refractivity contribution < 1.29 is 9.59 Å². The van der Waals surface area contributed by atoms with Crippen LogP contribution in [0.1, 0.15) is 16.8 Å². The van der Waals surface area contributed by atoms with Crippen molar-refractivity contribution in [2.75, 3.05) is 16.8 Å². The van der Waals surface area contributed by atoms with Gasteiger partial charge >= 0.3 is 0 Å². The lowest BCUT2D eigenvalue weighted by atomic mass is 10.1. The number of hydrogen-bond donors (Lipinski definition) is 1. The maximum atomic E-state index is 12.7. The Bertz CT molecular complexity index is 987. The predicted octanol–water partition coefficient (Wildman–Crippen LogP) is 0.717. The van der Waals surface area contributed by atoms with Gasteiger partial charge in [0.05, 0.1) is 17.1 Å². The van der Waals surface area contributed by atoms with E-state index in [-0.39, 0.29) is 24.6 Å². The predicted molar refractivity (Wildman–Crippen MR) is 90.1 cm³/mol. The van der Waals surface area contributed by atoms with E-state index in [1.54, 1.807) is 38.1 Å². The Kier molecular flexibility index (Phi) is 4.07. The summed E-state index contributed by atoms with van der Waals surface area (Å²) in [6.07, 6.45) is 0. The fraction of sp³-hybridized carbons (Fsp3) is 0.235. The van der Waals surface area contributed by atoms with E-state index in [1.165, 1.54) is 4.90 Å². The molecule has 126 valence electrons. The number of fused-ring (bicyclic) bond motifs is 1. The molecule has 0 spiro atoms. The molecule has 8 nitrogen and oxygen atoms in total. The first-order valence-corrected chi connectivity index (χ1v) is 7.60. The summed E-state index contributed by atoms with van der Waals surface area (Å²) in [7, 11) is 0. The van der Waals surface area contributed by atoms with Crippen molar-refractivity contribution in [2.45, 2.75) is 20.4 Å². The second-order valence-corrected chi connectivity index (χ2v) is 5.71. The highest BCUT2D eigenvalue weighted by Crippen LogP contribution is 2.28. The summed E-state index contributed by atoms with van der Waals surface area (Å²) >= 11 is 0. The highest BCUT2D eigenvalue weighted by molar-refractivity contribution is 6.09. The molecule has 0 bridgehead atoms. The van der Waals surface area contributed by atoms with E-state index in [9.17, 15) is 14.4 Å². The fourth-order valence-electron chi connectivity index (χ4n) is 2.68. The van der Waals surface area contributed by atoms with Crippen LogP contribution in [-0.4, -0.2) is 28.1 Å². The van der Waals surface area contributed by atoms with Crippen LogP contribution < -0.4 is 15.8 Å². The van der Waals surface area contributed by atoms with E-state index < -0.39 is 11.5 Å². The first-order valence-electron chi connectivity index (χ1n) is 7.60. The average molecular weight is 337 g/mol. The highest BCUT2D eigenvalue weighted by atomic mass is 16.2. The van der Waals surface area contributed by atoms with Gasteiger partial charge < -0.3 is 5.32 Å². The number of rotatable bonds is 2. The summed E-state index contributed by atoms with van der Waals surface area (Å²) in [5.74, 6) is -0.769. The molecule has 8 heteroatoms. The van der Waals surface area contributed by atoms with Gasteiger partial charge in [-0.2, -0.15) is 10.4 Å². The molecule has 0 aliphatic carbocycles. The van der Waals surface area contributed by atoms with Crippen LogP contribution in [0.5, 0.6) is 0 Å². The first-order chi connectivity index (χ1) is 11.9. The molecule has 0 fully saturated rings. The SMILES string of the molecule is Cc1nn(CC(=O)N2CC(=O)Nc3ccccc32)c(=O)c(C#N)c1C. The number of hydrogen-bond acceptors (Lipinski definition) is 5. The van der Waals surface area contributed by atoms with Crippen molar-refractivity contribution >= 4 is 23.2 Å². The zero-order chi connectivity index (χ0) is 18.1. The molecule has 25 heavy (non-hydrogen) atoms. The molecular formula is C17H15N5O3. The number of aromatic nitrogens is 2. The molecular weight excluding hydrogens is 322 g/mol. The highest BCUT2D eigenvalue weighted by Gasteiger charge is 2.27. The van der Waals surface area contributed by atoms with Gasteiger partial charge in [0.15, 0.2) is 0 Å². The van der Waals surface area contributed by atoms with E-state index in [0.29, 0.717) is 22.6 Å². The molecule has 0 atom stereocenters. The van der Waals surface area contributed by atoms with Gasteiger partial charge in [-0.1, -0.05) is 12.1 Å². The number of carbonyl (C=O) groups excluding carboxylic acids is 2. The van der Waals surface area contributed by atoms with Gasteiger partial charge in [0.1, 0.15) is 24.7 Å². The molecule has 0 radical (unpaired) electrons. The summed E-state index contributed by atoms with van der Waals surface area (Å²) in [5.41, 5.74) is 1.44. The maximum absolute atomic E-state index is 12.7. The quantitative estimate of drug-likeness (QED) is 0.868. The van der Waals surface area contributed by atoms with Gasteiger partial charge in [-0.05, 0) is 31.5 Å². The van der Waals surface area contributed by atoms with Crippen LogP contribution in [0.25, 0.3) is 0 Å². The Morgan fingerprint density at radius 2 is 2.04 bits per heavy atom. The molecule has 2 amide bonds. The third-order valence-corrected chi connectivity index (χ3v) is 4.11. The van der Waals surface area contributed by atoms with Gasteiger partial charge in [-0.25, -0.2) is 4.68 Å².